The molecule has 2 nitrogen and oxygen atoms in total. The van der Waals surface area contributed by atoms with Gasteiger partial charge in [0.25, 0.3) is 0 Å². The number of hydrogen-bond donors (Lipinski definition) is 1. The van der Waals surface area contributed by atoms with E-state index in [0.29, 0.717) is 0 Å². The normalized spacial score (nSPS) is 27.5. The highest BCUT2D eigenvalue weighted by Crippen LogP contribution is 2.30. The summed E-state index contributed by atoms with van der Waals surface area (Å²) in [6.45, 7) is 2.89. The summed E-state index contributed by atoms with van der Waals surface area (Å²) < 4.78 is 5.35. The lowest BCUT2D eigenvalue weighted by atomic mass is 9.92. The highest BCUT2D eigenvalue weighted by Gasteiger charge is 2.33. The van der Waals surface area contributed by atoms with Gasteiger partial charge < -0.3 is 10.1 Å². The van der Waals surface area contributed by atoms with Crippen LogP contribution in [0.1, 0.15) is 25.7 Å². The molecule has 2 aliphatic rings. The Labute approximate surface area is 85.0 Å². The van der Waals surface area contributed by atoms with E-state index in [2.05, 4.69) is 5.32 Å². The number of ether oxygens (including phenoxy) is 1. The minimum absolute atomic E-state index is 0.183. The molecule has 1 aliphatic carbocycles. The Hall–Kier alpha value is 0.210. The van der Waals surface area contributed by atoms with Crippen molar-refractivity contribution in [3.63, 3.8) is 0 Å². The second kappa shape index (κ2) is 4.16. The lowest BCUT2D eigenvalue weighted by molar-refractivity contribution is 0.0462. The van der Waals surface area contributed by atoms with Crippen molar-refractivity contribution in [3.8, 4) is 0 Å². The molecule has 0 bridgehead atoms. The summed E-state index contributed by atoms with van der Waals surface area (Å²) in [5, 5.41) is 3.63. The zero-order valence-corrected chi connectivity index (χ0v) is 8.78. The quantitative estimate of drug-likeness (QED) is 0.704. The minimum atomic E-state index is 0.183. The van der Waals surface area contributed by atoms with Gasteiger partial charge in [0, 0.05) is 24.6 Å². The third-order valence-corrected chi connectivity index (χ3v) is 3.68. The predicted octanol–water partition coefficient (Wildman–Crippen LogP) is 1.77. The van der Waals surface area contributed by atoms with Crippen LogP contribution in [0.25, 0.3) is 0 Å². The van der Waals surface area contributed by atoms with E-state index in [9.17, 15) is 0 Å². The summed E-state index contributed by atoms with van der Waals surface area (Å²) in [6, 6.07) is 0. The Bertz CT molecular complexity index is 164. The van der Waals surface area contributed by atoms with Gasteiger partial charge in [-0.3, -0.25) is 0 Å². The third-order valence-electron chi connectivity index (χ3n) is 3.17. The maximum Gasteiger partial charge on any atom is 0.0484 e. The van der Waals surface area contributed by atoms with E-state index in [-0.39, 0.29) is 5.54 Å². The molecule has 0 radical (unpaired) electrons. The van der Waals surface area contributed by atoms with E-state index in [0.717, 1.165) is 44.4 Å². The maximum absolute atomic E-state index is 6.02. The van der Waals surface area contributed by atoms with Gasteiger partial charge in [-0.2, -0.15) is 0 Å². The monoisotopic (exact) mass is 203 g/mol. The smallest absolute Gasteiger partial charge is 0.0484 e. The van der Waals surface area contributed by atoms with Gasteiger partial charge in [-0.15, -0.1) is 11.6 Å². The number of halogens is 1. The molecule has 2 fully saturated rings. The van der Waals surface area contributed by atoms with E-state index < -0.39 is 0 Å². The summed E-state index contributed by atoms with van der Waals surface area (Å²) in [7, 11) is 0. The Morgan fingerprint density at radius 2 is 2.00 bits per heavy atom. The van der Waals surface area contributed by atoms with Crippen molar-refractivity contribution in [2.45, 2.75) is 31.2 Å². The molecule has 1 heterocycles. The van der Waals surface area contributed by atoms with Crippen LogP contribution in [-0.2, 0) is 4.74 Å². The first kappa shape index (κ1) is 9.75. The first-order chi connectivity index (χ1) is 6.35. The second-order valence-corrected chi connectivity index (χ2v) is 4.62. The molecule has 1 aliphatic heterocycles. The summed E-state index contributed by atoms with van der Waals surface area (Å²) in [5.41, 5.74) is 0.183. The van der Waals surface area contributed by atoms with Crippen molar-refractivity contribution in [1.82, 2.24) is 5.32 Å². The van der Waals surface area contributed by atoms with Gasteiger partial charge in [-0.1, -0.05) is 0 Å². The van der Waals surface area contributed by atoms with E-state index in [1.54, 1.807) is 0 Å². The van der Waals surface area contributed by atoms with Gasteiger partial charge in [0.1, 0.15) is 0 Å². The minimum Gasteiger partial charge on any atom is -0.381 e. The number of nitrogens with one attached hydrogen (secondary N) is 1. The van der Waals surface area contributed by atoms with Crippen LogP contribution in [0.3, 0.4) is 0 Å². The molecule has 3 heteroatoms. The SMILES string of the molecule is ClCC1(NCC2CC2)CCOCC1. The largest absolute Gasteiger partial charge is 0.381 e. The van der Waals surface area contributed by atoms with Crippen LogP contribution in [-0.4, -0.2) is 31.2 Å². The molecule has 0 atom stereocenters. The van der Waals surface area contributed by atoms with Crippen molar-refractivity contribution in [1.29, 1.82) is 0 Å². The van der Waals surface area contributed by atoms with Gasteiger partial charge in [0.2, 0.25) is 0 Å². The molecule has 0 unspecified atom stereocenters. The molecule has 1 N–H and O–H groups in total. The average molecular weight is 204 g/mol. The number of hydrogen-bond acceptors (Lipinski definition) is 2. The Morgan fingerprint density at radius 1 is 1.31 bits per heavy atom. The van der Waals surface area contributed by atoms with E-state index in [1.807, 2.05) is 0 Å². The summed E-state index contributed by atoms with van der Waals surface area (Å²) in [4.78, 5) is 0. The lowest BCUT2D eigenvalue weighted by Gasteiger charge is -2.36. The number of rotatable bonds is 4. The number of alkyl halides is 1. The fourth-order valence-corrected chi connectivity index (χ4v) is 2.16. The highest BCUT2D eigenvalue weighted by molar-refractivity contribution is 6.18. The van der Waals surface area contributed by atoms with Gasteiger partial charge in [0.05, 0.1) is 0 Å². The first-order valence-electron chi connectivity index (χ1n) is 5.23. The van der Waals surface area contributed by atoms with Crippen molar-refractivity contribution in [3.05, 3.63) is 0 Å². The fraction of sp³-hybridized carbons (Fsp3) is 1.00. The van der Waals surface area contributed by atoms with Gasteiger partial charge in [-0.25, -0.2) is 0 Å². The molecule has 0 aromatic heterocycles. The molecule has 0 spiro atoms. The van der Waals surface area contributed by atoms with Crippen molar-refractivity contribution >= 4 is 11.6 Å². The van der Waals surface area contributed by atoms with Crippen LogP contribution in [0.5, 0.6) is 0 Å². The van der Waals surface area contributed by atoms with Crippen LogP contribution in [0.4, 0.5) is 0 Å². The average Bonchev–Trinajstić information content (AvgIpc) is 3.00. The van der Waals surface area contributed by atoms with E-state index >= 15 is 0 Å². The lowest BCUT2D eigenvalue weighted by Crippen LogP contribution is -2.51. The summed E-state index contributed by atoms with van der Waals surface area (Å²) in [6.07, 6.45) is 4.95. The molecule has 0 aromatic rings. The highest BCUT2D eigenvalue weighted by atomic mass is 35.5. The Morgan fingerprint density at radius 3 is 2.54 bits per heavy atom. The molecule has 0 amide bonds. The Balaban J connectivity index is 1.80. The van der Waals surface area contributed by atoms with Gasteiger partial charge >= 0.3 is 0 Å². The molecule has 2 rings (SSSR count). The Kier molecular flexibility index (Phi) is 3.12. The summed E-state index contributed by atoms with van der Waals surface area (Å²) >= 11 is 6.02. The van der Waals surface area contributed by atoms with Crippen molar-refractivity contribution < 1.29 is 4.74 Å². The molecule has 1 saturated carbocycles. The van der Waals surface area contributed by atoms with E-state index in [4.69, 9.17) is 16.3 Å². The van der Waals surface area contributed by atoms with Crippen LogP contribution in [0, 0.1) is 5.92 Å². The predicted molar refractivity (Wildman–Crippen MR) is 54.2 cm³/mol. The third kappa shape index (κ3) is 2.58. The fourth-order valence-electron chi connectivity index (χ4n) is 1.80. The van der Waals surface area contributed by atoms with Crippen LogP contribution < -0.4 is 5.32 Å². The van der Waals surface area contributed by atoms with Crippen molar-refractivity contribution in [2.75, 3.05) is 25.6 Å². The molecule has 0 aromatic carbocycles. The molecule has 1 saturated heterocycles. The molecular formula is C10H18ClNO. The van der Waals surface area contributed by atoms with Crippen LogP contribution in [0.15, 0.2) is 0 Å². The second-order valence-electron chi connectivity index (χ2n) is 4.35. The van der Waals surface area contributed by atoms with Crippen molar-refractivity contribution in [2.24, 2.45) is 5.92 Å². The van der Waals surface area contributed by atoms with Crippen LogP contribution in [0.2, 0.25) is 0 Å². The zero-order valence-electron chi connectivity index (χ0n) is 8.02. The standard InChI is InChI=1S/C10H18ClNO/c11-8-10(3-5-13-6-4-10)12-7-9-1-2-9/h9,12H,1-8H2. The van der Waals surface area contributed by atoms with Gasteiger partial charge in [0.15, 0.2) is 0 Å². The zero-order chi connectivity index (χ0) is 9.15. The molecule has 76 valence electrons. The van der Waals surface area contributed by atoms with Gasteiger partial charge in [-0.05, 0) is 38.1 Å². The topological polar surface area (TPSA) is 21.3 Å². The first-order valence-corrected chi connectivity index (χ1v) is 5.77. The molecule has 13 heavy (non-hydrogen) atoms. The van der Waals surface area contributed by atoms with Crippen LogP contribution >= 0.6 is 11.6 Å². The molecular weight excluding hydrogens is 186 g/mol. The summed E-state index contributed by atoms with van der Waals surface area (Å²) in [5.74, 6) is 1.66. The maximum atomic E-state index is 6.02. The van der Waals surface area contributed by atoms with E-state index in [1.165, 1.54) is 12.8 Å².